The van der Waals surface area contributed by atoms with Crippen molar-refractivity contribution < 1.29 is 18.9 Å². The maximum atomic E-state index is 5.93. The van der Waals surface area contributed by atoms with Crippen LogP contribution < -0.4 is 24.8 Å². The summed E-state index contributed by atoms with van der Waals surface area (Å²) in [4.78, 5) is 9.10. The second-order valence-electron chi connectivity index (χ2n) is 7.49. The highest BCUT2D eigenvalue weighted by Gasteiger charge is 2.21. The molecule has 182 valence electrons. The molecule has 0 radical (unpaired) electrons. The molecule has 1 aliphatic heterocycles. The van der Waals surface area contributed by atoms with Gasteiger partial charge in [0.05, 0.1) is 19.8 Å². The minimum absolute atomic E-state index is 0. The van der Waals surface area contributed by atoms with Crippen LogP contribution in [0, 0.1) is 0 Å². The molecule has 2 heterocycles. The third-order valence-corrected chi connectivity index (χ3v) is 4.95. The Bertz CT molecular complexity index is 910. The first-order valence-electron chi connectivity index (χ1n) is 11.2. The number of hydrogen-bond donors (Lipinski definition) is 2. The molecular weight excluding hydrogens is 535 g/mol. The number of rotatable bonds is 11. The van der Waals surface area contributed by atoms with Crippen LogP contribution in [-0.2, 0) is 24.2 Å². The number of hydrogen-bond acceptors (Lipinski definition) is 6. The van der Waals surface area contributed by atoms with Crippen molar-refractivity contribution >= 4 is 29.9 Å². The van der Waals surface area contributed by atoms with Gasteiger partial charge in [0.2, 0.25) is 5.88 Å². The number of methoxy groups -OCH3 is 1. The average Bonchev–Trinajstić information content (AvgIpc) is 3.15. The third-order valence-electron chi connectivity index (χ3n) is 4.95. The number of nitrogens with one attached hydrogen (secondary N) is 2. The van der Waals surface area contributed by atoms with E-state index in [2.05, 4.69) is 34.7 Å². The number of benzene rings is 1. The Labute approximate surface area is 213 Å². The van der Waals surface area contributed by atoms with Gasteiger partial charge in [-0.2, -0.15) is 0 Å². The number of aromatic nitrogens is 1. The Balaban J connectivity index is 0.00000385. The van der Waals surface area contributed by atoms with Gasteiger partial charge in [0, 0.05) is 49.5 Å². The van der Waals surface area contributed by atoms with Gasteiger partial charge >= 0.3 is 0 Å². The summed E-state index contributed by atoms with van der Waals surface area (Å²) in [6.45, 7) is 9.44. The van der Waals surface area contributed by atoms with Crippen LogP contribution >= 0.6 is 24.0 Å². The first-order valence-corrected chi connectivity index (χ1v) is 11.2. The predicted molar refractivity (Wildman–Crippen MR) is 140 cm³/mol. The minimum atomic E-state index is 0. The molecule has 33 heavy (non-hydrogen) atoms. The van der Waals surface area contributed by atoms with Crippen LogP contribution in [0.25, 0.3) is 0 Å². The number of ether oxygens (including phenoxy) is 4. The van der Waals surface area contributed by atoms with Crippen LogP contribution in [0.15, 0.2) is 35.5 Å². The van der Waals surface area contributed by atoms with Crippen LogP contribution in [0.5, 0.6) is 17.4 Å². The van der Waals surface area contributed by atoms with E-state index in [0.29, 0.717) is 44.7 Å². The zero-order chi connectivity index (χ0) is 22.8. The summed E-state index contributed by atoms with van der Waals surface area (Å²) in [6.07, 6.45) is 2.82. The van der Waals surface area contributed by atoms with Crippen LogP contribution in [0.1, 0.15) is 37.5 Å². The fourth-order valence-electron chi connectivity index (χ4n) is 3.49. The molecule has 0 saturated heterocycles. The van der Waals surface area contributed by atoms with E-state index in [1.165, 1.54) is 5.56 Å². The molecule has 1 aliphatic rings. The van der Waals surface area contributed by atoms with Gasteiger partial charge in [-0.3, -0.25) is 0 Å². The van der Waals surface area contributed by atoms with Gasteiger partial charge in [-0.1, -0.05) is 6.07 Å². The van der Waals surface area contributed by atoms with Crippen molar-refractivity contribution in [3.8, 4) is 17.4 Å². The highest BCUT2D eigenvalue weighted by molar-refractivity contribution is 14.0. The molecule has 0 amide bonds. The summed E-state index contributed by atoms with van der Waals surface area (Å²) in [5.41, 5.74) is 3.14. The second-order valence-corrected chi connectivity index (χ2v) is 7.49. The molecule has 0 saturated carbocycles. The standard InChI is InChI=1S/C24H34N4O4.HI/c1-5-25-24(27-15-18-8-7-9-26-23(18)31-11-10-29-4)28-16-20-14-22-19(12-17(3)32-22)13-21(20)30-6-2;/h7-9,13-14,17H,5-6,10-12,15-16H2,1-4H3,(H2,25,27,28);1H. The van der Waals surface area contributed by atoms with Crippen LogP contribution in [0.2, 0.25) is 0 Å². The fourth-order valence-corrected chi connectivity index (χ4v) is 3.49. The normalized spacial score (nSPS) is 14.7. The number of guanidine groups is 1. The zero-order valence-corrected chi connectivity index (χ0v) is 22.2. The van der Waals surface area contributed by atoms with E-state index in [1.807, 2.05) is 26.0 Å². The molecule has 8 nitrogen and oxygen atoms in total. The quantitative estimate of drug-likeness (QED) is 0.185. The Hall–Kier alpha value is -2.27. The number of nitrogens with zero attached hydrogens (tertiary/aromatic N) is 2. The molecule has 2 aromatic rings. The van der Waals surface area contributed by atoms with Crippen LogP contribution in [-0.4, -0.2) is 50.5 Å². The Morgan fingerprint density at radius 2 is 2.03 bits per heavy atom. The molecule has 0 spiro atoms. The van der Waals surface area contributed by atoms with Gasteiger partial charge in [-0.25, -0.2) is 9.98 Å². The Kier molecular flexibility index (Phi) is 11.5. The molecule has 3 rings (SSSR count). The number of halogens is 1. The lowest BCUT2D eigenvalue weighted by Crippen LogP contribution is -2.37. The molecule has 0 aliphatic carbocycles. The van der Waals surface area contributed by atoms with Gasteiger partial charge < -0.3 is 29.6 Å². The lowest BCUT2D eigenvalue weighted by molar-refractivity contribution is 0.143. The van der Waals surface area contributed by atoms with Crippen molar-refractivity contribution in [2.24, 2.45) is 4.99 Å². The first-order chi connectivity index (χ1) is 15.6. The van der Waals surface area contributed by atoms with Crippen molar-refractivity contribution in [1.29, 1.82) is 0 Å². The molecule has 9 heteroatoms. The van der Waals surface area contributed by atoms with E-state index >= 15 is 0 Å². The van der Waals surface area contributed by atoms with Gasteiger partial charge in [-0.05, 0) is 39.0 Å². The summed E-state index contributed by atoms with van der Waals surface area (Å²) < 4.78 is 22.6. The van der Waals surface area contributed by atoms with Crippen molar-refractivity contribution in [1.82, 2.24) is 15.6 Å². The predicted octanol–water partition coefficient (Wildman–Crippen LogP) is 3.70. The fraction of sp³-hybridized carbons (Fsp3) is 0.500. The van der Waals surface area contributed by atoms with E-state index in [0.717, 1.165) is 35.6 Å². The van der Waals surface area contributed by atoms with E-state index < -0.39 is 0 Å². The number of aliphatic imine (C=N–C) groups is 1. The van der Waals surface area contributed by atoms with Crippen LogP contribution in [0.4, 0.5) is 0 Å². The van der Waals surface area contributed by atoms with Gasteiger partial charge in [0.1, 0.15) is 24.2 Å². The van der Waals surface area contributed by atoms with E-state index in [9.17, 15) is 0 Å². The summed E-state index contributed by atoms with van der Waals surface area (Å²) >= 11 is 0. The molecule has 1 aromatic heterocycles. The second kappa shape index (κ2) is 14.1. The highest BCUT2D eigenvalue weighted by Crippen LogP contribution is 2.35. The smallest absolute Gasteiger partial charge is 0.218 e. The molecule has 1 atom stereocenters. The highest BCUT2D eigenvalue weighted by atomic mass is 127. The van der Waals surface area contributed by atoms with Gasteiger partial charge in [0.15, 0.2) is 5.96 Å². The maximum Gasteiger partial charge on any atom is 0.218 e. The molecule has 0 bridgehead atoms. The topological polar surface area (TPSA) is 86.2 Å². The Morgan fingerprint density at radius 1 is 1.18 bits per heavy atom. The van der Waals surface area contributed by atoms with Crippen molar-refractivity contribution in [2.45, 2.75) is 46.4 Å². The van der Waals surface area contributed by atoms with Gasteiger partial charge in [0.25, 0.3) is 0 Å². The van der Waals surface area contributed by atoms with Crippen molar-refractivity contribution in [3.63, 3.8) is 0 Å². The minimum Gasteiger partial charge on any atom is -0.494 e. The van der Waals surface area contributed by atoms with Crippen molar-refractivity contribution in [3.05, 3.63) is 47.2 Å². The molecule has 2 N–H and O–H groups in total. The lowest BCUT2D eigenvalue weighted by atomic mass is 10.1. The van der Waals surface area contributed by atoms with Crippen molar-refractivity contribution in [2.75, 3.05) is 33.5 Å². The SMILES string of the molecule is CCNC(=NCc1cc2c(cc1OCC)CC(C)O2)NCc1cccnc1OCCOC.I. The molecule has 1 aromatic carbocycles. The number of fused-ring (bicyclic) bond motifs is 1. The average molecular weight is 570 g/mol. The molecule has 1 unspecified atom stereocenters. The third kappa shape index (κ3) is 7.92. The lowest BCUT2D eigenvalue weighted by Gasteiger charge is -2.15. The molecular formula is C24H35IN4O4. The maximum absolute atomic E-state index is 5.93. The van der Waals surface area contributed by atoms with E-state index in [1.54, 1.807) is 13.3 Å². The summed E-state index contributed by atoms with van der Waals surface area (Å²) in [7, 11) is 1.65. The molecule has 0 fully saturated rings. The summed E-state index contributed by atoms with van der Waals surface area (Å²) in [6, 6.07) is 8.02. The van der Waals surface area contributed by atoms with E-state index in [4.69, 9.17) is 23.9 Å². The van der Waals surface area contributed by atoms with Gasteiger partial charge in [-0.15, -0.1) is 24.0 Å². The van der Waals surface area contributed by atoms with E-state index in [-0.39, 0.29) is 30.1 Å². The largest absolute Gasteiger partial charge is 0.494 e. The Morgan fingerprint density at radius 3 is 2.79 bits per heavy atom. The summed E-state index contributed by atoms with van der Waals surface area (Å²) in [5, 5.41) is 6.66. The monoisotopic (exact) mass is 570 g/mol. The van der Waals surface area contributed by atoms with Crippen LogP contribution in [0.3, 0.4) is 0 Å². The zero-order valence-electron chi connectivity index (χ0n) is 19.8. The first kappa shape index (κ1) is 27.0. The summed E-state index contributed by atoms with van der Waals surface area (Å²) in [5.74, 6) is 3.09. The number of pyridine rings is 1.